The Bertz CT molecular complexity index is 518. The van der Waals surface area contributed by atoms with Crippen LogP contribution >= 0.6 is 0 Å². The summed E-state index contributed by atoms with van der Waals surface area (Å²) in [4.78, 5) is 11.2. The number of ether oxygens (including phenoxy) is 1. The van der Waals surface area contributed by atoms with Crippen molar-refractivity contribution in [1.82, 2.24) is 0 Å². The van der Waals surface area contributed by atoms with Gasteiger partial charge in [0.1, 0.15) is 12.0 Å². The van der Waals surface area contributed by atoms with E-state index in [1.807, 2.05) is 12.1 Å². The normalized spacial score (nSPS) is 23.5. The lowest BCUT2D eigenvalue weighted by Crippen LogP contribution is -2.16. The molecule has 0 spiro atoms. The molecule has 2 rings (SSSR count). The van der Waals surface area contributed by atoms with E-state index in [1.165, 1.54) is 0 Å². The Morgan fingerprint density at radius 2 is 2.00 bits per heavy atom. The summed E-state index contributed by atoms with van der Waals surface area (Å²) in [7, 11) is -1.38. The second-order valence-corrected chi connectivity index (χ2v) is 6.83. The van der Waals surface area contributed by atoms with E-state index in [0.29, 0.717) is 6.42 Å². The van der Waals surface area contributed by atoms with E-state index in [0.717, 1.165) is 17.6 Å². The average Bonchev–Trinajstić information content (AvgIpc) is 2.71. The molecule has 1 aromatic carbocycles. The van der Waals surface area contributed by atoms with Gasteiger partial charge < -0.3 is 9.53 Å². The van der Waals surface area contributed by atoms with Gasteiger partial charge in [0, 0.05) is 5.92 Å². The van der Waals surface area contributed by atoms with E-state index in [9.17, 15) is 13.2 Å². The summed E-state index contributed by atoms with van der Waals surface area (Å²) in [6.45, 7) is 0. The van der Waals surface area contributed by atoms with E-state index in [1.54, 1.807) is 19.2 Å². The fourth-order valence-electron chi connectivity index (χ4n) is 2.39. The number of carbonyl (C=O) groups is 1. The summed E-state index contributed by atoms with van der Waals surface area (Å²) in [6, 6.07) is 7.22. The molecular formula is C13H16O4S. The molecule has 98 valence electrons. The molecule has 0 radical (unpaired) electrons. The van der Waals surface area contributed by atoms with Gasteiger partial charge >= 0.3 is 0 Å². The zero-order chi connectivity index (χ0) is 13.2. The SMILES string of the molecule is COc1ccc(C(C=O)C2CCS(=O)(=O)C2)cc1. The van der Waals surface area contributed by atoms with Crippen LogP contribution in [-0.2, 0) is 14.6 Å². The van der Waals surface area contributed by atoms with Crippen LogP contribution in [-0.4, -0.2) is 33.3 Å². The molecule has 0 amide bonds. The van der Waals surface area contributed by atoms with Crippen LogP contribution in [0.4, 0.5) is 0 Å². The number of hydrogen-bond donors (Lipinski definition) is 0. The molecule has 0 N–H and O–H groups in total. The standard InChI is InChI=1S/C13H16O4S/c1-17-12-4-2-10(3-5-12)13(8-14)11-6-7-18(15,16)9-11/h2-5,8,11,13H,6-7,9H2,1H3. The van der Waals surface area contributed by atoms with Gasteiger partial charge in [-0.05, 0) is 30.0 Å². The third-order valence-electron chi connectivity index (χ3n) is 3.42. The Hall–Kier alpha value is -1.36. The van der Waals surface area contributed by atoms with Gasteiger partial charge in [-0.3, -0.25) is 0 Å². The van der Waals surface area contributed by atoms with Crippen LogP contribution in [0.15, 0.2) is 24.3 Å². The number of aldehydes is 1. The minimum absolute atomic E-state index is 0.0964. The van der Waals surface area contributed by atoms with E-state index in [4.69, 9.17) is 4.74 Å². The highest BCUT2D eigenvalue weighted by Crippen LogP contribution is 2.32. The third-order valence-corrected chi connectivity index (χ3v) is 5.22. The highest BCUT2D eigenvalue weighted by molar-refractivity contribution is 7.91. The molecule has 1 fully saturated rings. The van der Waals surface area contributed by atoms with Gasteiger partial charge in [0.25, 0.3) is 0 Å². The van der Waals surface area contributed by atoms with Crippen molar-refractivity contribution in [2.45, 2.75) is 12.3 Å². The van der Waals surface area contributed by atoms with Crippen LogP contribution in [0.3, 0.4) is 0 Å². The monoisotopic (exact) mass is 268 g/mol. The van der Waals surface area contributed by atoms with Crippen molar-refractivity contribution < 1.29 is 17.9 Å². The molecule has 0 bridgehead atoms. The molecule has 2 unspecified atom stereocenters. The summed E-state index contributed by atoms with van der Waals surface area (Å²) in [5, 5.41) is 0. The minimum Gasteiger partial charge on any atom is -0.497 e. The fourth-order valence-corrected chi connectivity index (χ4v) is 4.25. The Morgan fingerprint density at radius 3 is 2.44 bits per heavy atom. The summed E-state index contributed by atoms with van der Waals surface area (Å²) < 4.78 is 28.0. The molecule has 1 heterocycles. The molecule has 5 heteroatoms. The maximum atomic E-state index is 11.5. The molecule has 0 aliphatic carbocycles. The van der Waals surface area contributed by atoms with Gasteiger partial charge in [-0.2, -0.15) is 0 Å². The molecule has 4 nitrogen and oxygen atoms in total. The van der Waals surface area contributed by atoms with Gasteiger partial charge in [-0.25, -0.2) is 8.42 Å². The zero-order valence-corrected chi connectivity index (χ0v) is 11.0. The largest absolute Gasteiger partial charge is 0.497 e. The van der Waals surface area contributed by atoms with Gasteiger partial charge in [-0.1, -0.05) is 12.1 Å². The quantitative estimate of drug-likeness (QED) is 0.775. The number of rotatable bonds is 4. The van der Waals surface area contributed by atoms with E-state index in [-0.39, 0.29) is 23.3 Å². The lowest BCUT2D eigenvalue weighted by atomic mass is 9.87. The molecule has 18 heavy (non-hydrogen) atoms. The topological polar surface area (TPSA) is 60.4 Å². The number of sulfone groups is 1. The average molecular weight is 268 g/mol. The number of benzene rings is 1. The van der Waals surface area contributed by atoms with Crippen LogP contribution in [0.25, 0.3) is 0 Å². The minimum atomic E-state index is -2.95. The zero-order valence-electron chi connectivity index (χ0n) is 10.2. The van der Waals surface area contributed by atoms with Crippen molar-refractivity contribution in [1.29, 1.82) is 0 Å². The molecule has 0 aromatic heterocycles. The predicted octanol–water partition coefficient (Wildman–Crippen LogP) is 1.41. The Morgan fingerprint density at radius 1 is 1.33 bits per heavy atom. The van der Waals surface area contributed by atoms with Crippen LogP contribution in [0.5, 0.6) is 5.75 Å². The number of methoxy groups -OCH3 is 1. The maximum absolute atomic E-state index is 11.5. The molecule has 1 aromatic rings. The van der Waals surface area contributed by atoms with Crippen LogP contribution < -0.4 is 4.74 Å². The fraction of sp³-hybridized carbons (Fsp3) is 0.462. The summed E-state index contributed by atoms with van der Waals surface area (Å²) in [6.07, 6.45) is 1.42. The molecule has 1 aliphatic rings. The molecular weight excluding hydrogens is 252 g/mol. The van der Waals surface area contributed by atoms with Crippen molar-refractivity contribution >= 4 is 16.1 Å². The van der Waals surface area contributed by atoms with Gasteiger partial charge in [0.05, 0.1) is 18.6 Å². The highest BCUT2D eigenvalue weighted by Gasteiger charge is 2.34. The Labute approximate surface area is 107 Å². The first-order valence-corrected chi connectivity index (χ1v) is 7.67. The van der Waals surface area contributed by atoms with Crippen molar-refractivity contribution in [3.8, 4) is 5.75 Å². The van der Waals surface area contributed by atoms with Crippen molar-refractivity contribution in [3.05, 3.63) is 29.8 Å². The molecule has 2 atom stereocenters. The first-order valence-electron chi connectivity index (χ1n) is 5.85. The molecule has 1 saturated heterocycles. The van der Waals surface area contributed by atoms with Crippen molar-refractivity contribution in [3.63, 3.8) is 0 Å². The third kappa shape index (κ3) is 2.72. The smallest absolute Gasteiger partial charge is 0.150 e. The van der Waals surface area contributed by atoms with E-state index in [2.05, 4.69) is 0 Å². The summed E-state index contributed by atoms with van der Waals surface area (Å²) >= 11 is 0. The maximum Gasteiger partial charge on any atom is 0.150 e. The second kappa shape index (κ2) is 5.10. The lowest BCUT2D eigenvalue weighted by Gasteiger charge is -2.17. The van der Waals surface area contributed by atoms with E-state index >= 15 is 0 Å². The first-order chi connectivity index (χ1) is 8.55. The number of hydrogen-bond acceptors (Lipinski definition) is 4. The summed E-state index contributed by atoms with van der Waals surface area (Å²) in [5.74, 6) is 0.595. The molecule has 0 saturated carbocycles. The van der Waals surface area contributed by atoms with Crippen LogP contribution in [0.1, 0.15) is 17.9 Å². The second-order valence-electron chi connectivity index (χ2n) is 4.60. The first kappa shape index (κ1) is 13.1. The van der Waals surface area contributed by atoms with Crippen LogP contribution in [0.2, 0.25) is 0 Å². The van der Waals surface area contributed by atoms with E-state index < -0.39 is 9.84 Å². The van der Waals surface area contributed by atoms with Gasteiger partial charge in [0.15, 0.2) is 9.84 Å². The van der Waals surface area contributed by atoms with Crippen molar-refractivity contribution in [2.24, 2.45) is 5.92 Å². The molecule has 1 aliphatic heterocycles. The predicted molar refractivity (Wildman–Crippen MR) is 68.6 cm³/mol. The van der Waals surface area contributed by atoms with Crippen LogP contribution in [0, 0.1) is 5.92 Å². The Kier molecular flexibility index (Phi) is 3.71. The summed E-state index contributed by atoms with van der Waals surface area (Å²) in [5.41, 5.74) is 0.855. The van der Waals surface area contributed by atoms with Gasteiger partial charge in [0.2, 0.25) is 0 Å². The van der Waals surface area contributed by atoms with Crippen molar-refractivity contribution in [2.75, 3.05) is 18.6 Å². The lowest BCUT2D eigenvalue weighted by molar-refractivity contribution is -0.109. The highest BCUT2D eigenvalue weighted by atomic mass is 32.2. The number of carbonyl (C=O) groups excluding carboxylic acids is 1. The Balaban J connectivity index is 2.20. The van der Waals surface area contributed by atoms with Gasteiger partial charge in [-0.15, -0.1) is 0 Å².